The maximum absolute atomic E-state index is 6.90. The number of fused-ring (bicyclic) bond motifs is 4. The second kappa shape index (κ2) is 23.4. The molecule has 0 aliphatic carbocycles. The van der Waals surface area contributed by atoms with Gasteiger partial charge in [0, 0.05) is 66.9 Å². The van der Waals surface area contributed by atoms with E-state index in [0.717, 1.165) is 67.1 Å². The van der Waals surface area contributed by atoms with Crippen molar-refractivity contribution in [3.63, 3.8) is 0 Å². The molecule has 89 heavy (non-hydrogen) atoms. The molecule has 0 amide bonds. The molecule has 0 saturated carbocycles. The van der Waals surface area contributed by atoms with Crippen molar-refractivity contribution in [3.05, 3.63) is 284 Å². The molecule has 12 aromatic rings. The van der Waals surface area contributed by atoms with Gasteiger partial charge in [-0.15, -0.1) is 48.1 Å². The van der Waals surface area contributed by atoms with E-state index in [2.05, 4.69) is 341 Å². The van der Waals surface area contributed by atoms with Crippen LogP contribution in [0, 0.1) is 18.8 Å². The van der Waals surface area contributed by atoms with Crippen molar-refractivity contribution in [3.8, 4) is 39.6 Å². The number of benzene rings is 10. The number of pyridine rings is 1. The van der Waals surface area contributed by atoms with E-state index in [1.807, 2.05) is 18.2 Å². The van der Waals surface area contributed by atoms with Crippen LogP contribution in [0.1, 0.15) is 105 Å². The van der Waals surface area contributed by atoms with E-state index in [1.54, 1.807) is 0 Å². The first kappa shape index (κ1) is 60.7. The van der Waals surface area contributed by atoms with Gasteiger partial charge in [0.05, 0.1) is 0 Å². The van der Waals surface area contributed by atoms with Crippen molar-refractivity contribution >= 4 is 73.4 Å². The van der Waals surface area contributed by atoms with Crippen molar-refractivity contribution in [2.75, 3.05) is 9.80 Å². The zero-order valence-corrected chi connectivity index (χ0v) is 56.5. The molecule has 1 aliphatic rings. The van der Waals surface area contributed by atoms with Crippen LogP contribution in [0.5, 0.6) is 11.5 Å². The van der Waals surface area contributed by atoms with E-state index in [1.165, 1.54) is 48.6 Å². The Labute approximate surface area is 543 Å². The summed E-state index contributed by atoms with van der Waals surface area (Å²) >= 11 is 0. The average molecular weight is 1360 g/mol. The molecule has 0 atom stereocenters. The summed E-state index contributed by atoms with van der Waals surface area (Å²) in [5.41, 5.74) is 15.5. The fourth-order valence-corrected chi connectivity index (χ4v) is 17.6. The molecular formula is C82H77N4OPtSi-3. The summed E-state index contributed by atoms with van der Waals surface area (Å²) in [4.78, 5) is 10.0. The first-order valence-electron chi connectivity index (χ1n) is 30.9. The molecule has 0 N–H and O–H groups in total. The van der Waals surface area contributed by atoms with Gasteiger partial charge in [0.25, 0.3) is 0 Å². The van der Waals surface area contributed by atoms with E-state index < -0.39 is 8.07 Å². The number of aromatic nitrogens is 2. The molecule has 0 fully saturated rings. The summed E-state index contributed by atoms with van der Waals surface area (Å²) in [5.74, 6) is 1.98. The molecule has 0 spiro atoms. The first-order valence-corrected chi connectivity index (χ1v) is 32.9. The van der Waals surface area contributed by atoms with Crippen LogP contribution in [-0.4, -0.2) is 17.6 Å². The molecule has 2 aromatic heterocycles. The Morgan fingerprint density at radius 2 is 0.955 bits per heavy atom. The minimum atomic E-state index is -2.82. The monoisotopic (exact) mass is 1360 g/mol. The third-order valence-corrected chi connectivity index (χ3v) is 22.5. The Hall–Kier alpha value is -8.54. The maximum Gasteiger partial charge on any atom is 0.179 e. The quantitative estimate of drug-likeness (QED) is 0.0734. The molecule has 0 bridgehead atoms. The van der Waals surface area contributed by atoms with Crippen LogP contribution in [-0.2, 0) is 42.7 Å². The summed E-state index contributed by atoms with van der Waals surface area (Å²) in [7, 11) is -2.82. The Kier molecular flexibility index (Phi) is 16.0. The number of anilines is 4. The van der Waals surface area contributed by atoms with Gasteiger partial charge in [-0.25, -0.2) is 4.98 Å². The van der Waals surface area contributed by atoms with Crippen molar-refractivity contribution in [1.29, 1.82) is 0 Å². The number of rotatable bonds is 11. The summed E-state index contributed by atoms with van der Waals surface area (Å²) < 4.78 is 9.18. The third kappa shape index (κ3) is 11.5. The molecular weight excluding hydrogens is 1280 g/mol. The standard InChI is InChI=1S/C82H77N4OSi.Pt/c1-79(2,3)59-41-38-56(39-42-59)57-40-45-74-71(47-57)70-44-43-65(87-64-28-25-27-62(51-64)84-55-85(76-37-23-22-36-75(76)84)63-49-60(80(4,5)6)48-61(50-63)81(7,8)9)52-77(70)86(74)78-53-73(82(10,11)12)72(54-83-78)58-26-24-35-69(46-58)88(66-29-16-13-17-30-66,67-31-18-14-19-32-67)68-33-20-15-21-34-68;/h13-50,53-55H,1-12H3;/q-3;. The molecule has 13 rings (SSSR count). The Morgan fingerprint density at radius 3 is 1.54 bits per heavy atom. The van der Waals surface area contributed by atoms with Crippen LogP contribution in [0.4, 0.5) is 22.7 Å². The minimum absolute atomic E-state index is 0. The van der Waals surface area contributed by atoms with E-state index >= 15 is 0 Å². The van der Waals surface area contributed by atoms with Gasteiger partial charge in [-0.2, -0.15) is 12.1 Å². The van der Waals surface area contributed by atoms with Crippen LogP contribution in [0.25, 0.3) is 49.9 Å². The van der Waals surface area contributed by atoms with Gasteiger partial charge in [0.15, 0.2) is 8.07 Å². The van der Waals surface area contributed by atoms with Gasteiger partial charge < -0.3 is 19.1 Å². The zero-order valence-electron chi connectivity index (χ0n) is 53.2. The van der Waals surface area contributed by atoms with E-state index in [4.69, 9.17) is 9.72 Å². The molecule has 0 unspecified atom stereocenters. The predicted molar refractivity (Wildman–Crippen MR) is 374 cm³/mol. The summed E-state index contributed by atoms with van der Waals surface area (Å²) in [6.07, 6.45) is 2.11. The topological polar surface area (TPSA) is 33.5 Å². The minimum Gasteiger partial charge on any atom is -0.509 e. The largest absolute Gasteiger partial charge is 0.509 e. The number of para-hydroxylation sites is 2. The smallest absolute Gasteiger partial charge is 0.179 e. The number of hydrogen-bond acceptors (Lipinski definition) is 4. The second-order valence-corrected chi connectivity index (χ2v) is 31.7. The van der Waals surface area contributed by atoms with Gasteiger partial charge in [-0.1, -0.05) is 258 Å². The Balaban J connectivity index is 0.00000769. The van der Waals surface area contributed by atoms with Crippen LogP contribution in [0.15, 0.2) is 243 Å². The predicted octanol–water partition coefficient (Wildman–Crippen LogP) is 18.9. The molecule has 10 aromatic carbocycles. The second-order valence-electron chi connectivity index (χ2n) is 27.9. The summed E-state index contributed by atoms with van der Waals surface area (Å²) in [6, 6.07) is 94.4. The molecule has 1 aliphatic heterocycles. The van der Waals surface area contributed by atoms with Gasteiger partial charge in [0.2, 0.25) is 0 Å². The maximum atomic E-state index is 6.90. The number of nitrogens with zero attached hydrogens (tertiary/aromatic N) is 4. The van der Waals surface area contributed by atoms with Crippen molar-refractivity contribution in [1.82, 2.24) is 9.55 Å². The van der Waals surface area contributed by atoms with Crippen LogP contribution in [0.3, 0.4) is 0 Å². The van der Waals surface area contributed by atoms with E-state index in [-0.39, 0.29) is 42.7 Å². The summed E-state index contributed by atoms with van der Waals surface area (Å²) in [5, 5.41) is 7.50. The van der Waals surface area contributed by atoms with Crippen molar-refractivity contribution < 1.29 is 25.8 Å². The van der Waals surface area contributed by atoms with E-state index in [9.17, 15) is 0 Å². The van der Waals surface area contributed by atoms with E-state index in [0.29, 0.717) is 11.5 Å². The van der Waals surface area contributed by atoms with Gasteiger partial charge in [-0.05, 0) is 123 Å². The Bertz CT molecular complexity index is 4420. The molecule has 0 radical (unpaired) electrons. The average Bonchev–Trinajstić information content (AvgIpc) is 1.77. The van der Waals surface area contributed by atoms with Gasteiger partial charge >= 0.3 is 0 Å². The van der Waals surface area contributed by atoms with Crippen LogP contribution in [0.2, 0.25) is 0 Å². The van der Waals surface area contributed by atoms with Crippen LogP contribution < -0.4 is 35.3 Å². The van der Waals surface area contributed by atoms with Crippen molar-refractivity contribution in [2.24, 2.45) is 0 Å². The normalized spacial score (nSPS) is 13.0. The number of ether oxygens (including phenoxy) is 1. The van der Waals surface area contributed by atoms with Crippen molar-refractivity contribution in [2.45, 2.75) is 105 Å². The molecule has 7 heteroatoms. The van der Waals surface area contributed by atoms with Gasteiger partial charge in [0.1, 0.15) is 5.82 Å². The van der Waals surface area contributed by atoms with Crippen LogP contribution >= 0.6 is 0 Å². The first-order chi connectivity index (χ1) is 42.1. The molecule has 5 nitrogen and oxygen atoms in total. The number of hydrogen-bond donors (Lipinski definition) is 0. The molecule has 448 valence electrons. The third-order valence-electron chi connectivity index (χ3n) is 17.7. The summed E-state index contributed by atoms with van der Waals surface area (Å²) in [6.45, 7) is 29.7. The zero-order chi connectivity index (χ0) is 61.3. The van der Waals surface area contributed by atoms with Gasteiger partial charge in [-0.3, -0.25) is 0 Å². The molecule has 3 heterocycles. The Morgan fingerprint density at radius 1 is 0.416 bits per heavy atom. The fraction of sp³-hybridized carbons (Fsp3) is 0.195. The fourth-order valence-electron chi connectivity index (χ4n) is 12.8. The molecule has 0 saturated heterocycles. The SMILES string of the molecule is CC(C)(C)c1ccc(-c2ccc3c(c2)c2ccc(Oc4[c-]c(N5[CH-]N(c6cc(C(C)(C)C)cc(C(C)(C)C)c6)c6ccccc65)ccc4)[c-]c2n3-c2cc(C(C)(C)C)c(-c3cccc([Si](c4ccccc4)(c4ccccc4)c4ccccc4)c3)cn2)cc1.[Pt].